The smallest absolute Gasteiger partial charge is 0.0238 e. The number of rotatable bonds is 14. The molecule has 0 aliphatic carbocycles. The van der Waals surface area contributed by atoms with E-state index in [0.29, 0.717) is 0 Å². The van der Waals surface area contributed by atoms with Gasteiger partial charge >= 0.3 is 0 Å². The summed E-state index contributed by atoms with van der Waals surface area (Å²) in [5.74, 6) is 0. The van der Waals surface area contributed by atoms with E-state index in [0.717, 1.165) is 12.8 Å². The second kappa shape index (κ2) is 13.6. The van der Waals surface area contributed by atoms with E-state index in [4.69, 9.17) is 0 Å². The number of hydrogen-bond donors (Lipinski definition) is 0. The van der Waals surface area contributed by atoms with Crippen LogP contribution < -0.4 is 0 Å². The fourth-order valence-corrected chi connectivity index (χ4v) is 3.69. The Hall–Kier alpha value is -1.56. The Morgan fingerprint density at radius 3 is 1.62 bits per heavy atom. The van der Waals surface area contributed by atoms with Gasteiger partial charge in [-0.05, 0) is 42.4 Å². The molecule has 0 aliphatic rings. The van der Waals surface area contributed by atoms with Crippen molar-refractivity contribution in [3.63, 3.8) is 0 Å². The van der Waals surface area contributed by atoms with Crippen molar-refractivity contribution in [1.82, 2.24) is 0 Å². The van der Waals surface area contributed by atoms with Crippen LogP contribution in [-0.4, -0.2) is 0 Å². The van der Waals surface area contributed by atoms with Crippen LogP contribution >= 0.6 is 0 Å². The Balaban J connectivity index is 1.55. The summed E-state index contributed by atoms with van der Waals surface area (Å²) in [6.45, 7) is 2.29. The highest BCUT2D eigenvalue weighted by atomic mass is 14.0. The van der Waals surface area contributed by atoms with Crippen LogP contribution in [0.3, 0.4) is 0 Å². The van der Waals surface area contributed by atoms with Crippen molar-refractivity contribution in [2.24, 2.45) is 0 Å². The maximum atomic E-state index is 2.43. The van der Waals surface area contributed by atoms with Crippen molar-refractivity contribution in [2.45, 2.75) is 90.4 Å². The molecular formula is C26H38. The highest BCUT2D eigenvalue weighted by molar-refractivity contribution is 5.25. The van der Waals surface area contributed by atoms with Crippen molar-refractivity contribution in [3.05, 3.63) is 71.3 Å². The summed E-state index contributed by atoms with van der Waals surface area (Å²) < 4.78 is 0. The zero-order chi connectivity index (χ0) is 18.3. The van der Waals surface area contributed by atoms with Crippen molar-refractivity contribution >= 4 is 0 Å². The lowest BCUT2D eigenvalue weighted by Crippen LogP contribution is -1.93. The van der Waals surface area contributed by atoms with Gasteiger partial charge in [-0.3, -0.25) is 0 Å². The SMILES string of the molecule is CCCCCCCCCCCCc1cccc(CCc2ccccc2)c1. The molecule has 0 fully saturated rings. The third-order valence-corrected chi connectivity index (χ3v) is 5.36. The molecule has 0 bridgehead atoms. The first-order chi connectivity index (χ1) is 12.9. The normalized spacial score (nSPS) is 11.0. The van der Waals surface area contributed by atoms with E-state index < -0.39 is 0 Å². The third kappa shape index (κ3) is 9.22. The number of hydrogen-bond acceptors (Lipinski definition) is 0. The van der Waals surface area contributed by atoms with Crippen LogP contribution in [0.25, 0.3) is 0 Å². The lowest BCUT2D eigenvalue weighted by molar-refractivity contribution is 0.556. The molecule has 2 aromatic rings. The van der Waals surface area contributed by atoms with E-state index in [-0.39, 0.29) is 0 Å². The second-order valence-electron chi connectivity index (χ2n) is 7.74. The summed E-state index contributed by atoms with van der Waals surface area (Å²) in [7, 11) is 0. The molecule has 26 heavy (non-hydrogen) atoms. The van der Waals surface area contributed by atoms with E-state index in [1.807, 2.05) is 0 Å². The van der Waals surface area contributed by atoms with E-state index in [2.05, 4.69) is 61.5 Å². The van der Waals surface area contributed by atoms with Crippen LogP contribution in [0.1, 0.15) is 87.8 Å². The topological polar surface area (TPSA) is 0 Å². The van der Waals surface area contributed by atoms with Crippen LogP contribution in [0.5, 0.6) is 0 Å². The molecule has 0 atom stereocenters. The Bertz CT molecular complexity index is 570. The summed E-state index contributed by atoms with van der Waals surface area (Å²) >= 11 is 0. The van der Waals surface area contributed by atoms with E-state index >= 15 is 0 Å². The van der Waals surface area contributed by atoms with Gasteiger partial charge in [0, 0.05) is 0 Å². The number of benzene rings is 2. The molecule has 2 aromatic carbocycles. The molecule has 0 spiro atoms. The first-order valence-electron chi connectivity index (χ1n) is 11.0. The quantitative estimate of drug-likeness (QED) is 0.303. The van der Waals surface area contributed by atoms with Crippen LogP contribution in [0.2, 0.25) is 0 Å². The molecule has 0 nitrogen and oxygen atoms in total. The number of unbranched alkanes of at least 4 members (excludes halogenated alkanes) is 9. The van der Waals surface area contributed by atoms with Crippen molar-refractivity contribution in [2.75, 3.05) is 0 Å². The minimum atomic E-state index is 1.14. The van der Waals surface area contributed by atoms with Gasteiger partial charge in [0.1, 0.15) is 0 Å². The van der Waals surface area contributed by atoms with Crippen molar-refractivity contribution in [1.29, 1.82) is 0 Å². The predicted octanol–water partition coefficient (Wildman–Crippen LogP) is 7.94. The lowest BCUT2D eigenvalue weighted by Gasteiger charge is -2.06. The molecule has 0 N–H and O–H groups in total. The lowest BCUT2D eigenvalue weighted by atomic mass is 9.99. The molecule has 0 unspecified atom stereocenters. The first-order valence-corrected chi connectivity index (χ1v) is 11.0. The van der Waals surface area contributed by atoms with Crippen molar-refractivity contribution in [3.8, 4) is 0 Å². The van der Waals surface area contributed by atoms with Crippen molar-refractivity contribution < 1.29 is 0 Å². The average Bonchev–Trinajstić information content (AvgIpc) is 2.69. The highest BCUT2D eigenvalue weighted by Gasteiger charge is 1.99. The molecular weight excluding hydrogens is 312 g/mol. The largest absolute Gasteiger partial charge is 0.0654 e. The fraction of sp³-hybridized carbons (Fsp3) is 0.538. The standard InChI is InChI=1S/C26H38/c1-2-3-4-5-6-7-8-9-10-12-18-25-19-15-20-26(23-25)22-21-24-16-13-11-14-17-24/h11,13-17,19-20,23H,2-10,12,18,21-22H2,1H3. The van der Waals surface area contributed by atoms with Gasteiger partial charge in [-0.2, -0.15) is 0 Å². The molecule has 0 amide bonds. The monoisotopic (exact) mass is 350 g/mol. The predicted molar refractivity (Wildman–Crippen MR) is 116 cm³/mol. The second-order valence-corrected chi connectivity index (χ2v) is 7.74. The minimum Gasteiger partial charge on any atom is -0.0654 e. The summed E-state index contributed by atoms with van der Waals surface area (Å²) in [6.07, 6.45) is 17.7. The highest BCUT2D eigenvalue weighted by Crippen LogP contribution is 2.14. The molecule has 0 saturated carbocycles. The Kier molecular flexibility index (Phi) is 10.9. The summed E-state index contributed by atoms with van der Waals surface area (Å²) in [4.78, 5) is 0. The Morgan fingerprint density at radius 2 is 0.962 bits per heavy atom. The molecule has 0 radical (unpaired) electrons. The Morgan fingerprint density at radius 1 is 0.462 bits per heavy atom. The number of aryl methyl sites for hydroxylation is 3. The minimum absolute atomic E-state index is 1.14. The third-order valence-electron chi connectivity index (χ3n) is 5.36. The van der Waals surface area contributed by atoms with Gasteiger partial charge < -0.3 is 0 Å². The zero-order valence-corrected chi connectivity index (χ0v) is 16.9. The zero-order valence-electron chi connectivity index (χ0n) is 16.9. The maximum Gasteiger partial charge on any atom is -0.0238 e. The molecule has 0 aliphatic heterocycles. The van der Waals surface area contributed by atoms with E-state index in [1.165, 1.54) is 87.3 Å². The van der Waals surface area contributed by atoms with Crippen LogP contribution in [0, 0.1) is 0 Å². The molecule has 2 rings (SSSR count). The van der Waals surface area contributed by atoms with Crippen LogP contribution in [0.15, 0.2) is 54.6 Å². The summed E-state index contributed by atoms with van der Waals surface area (Å²) in [5, 5.41) is 0. The van der Waals surface area contributed by atoms with Gasteiger partial charge in [-0.25, -0.2) is 0 Å². The first kappa shape index (κ1) is 20.7. The van der Waals surface area contributed by atoms with Gasteiger partial charge in [0.05, 0.1) is 0 Å². The molecule has 0 heterocycles. The van der Waals surface area contributed by atoms with Gasteiger partial charge in [-0.15, -0.1) is 0 Å². The fourth-order valence-electron chi connectivity index (χ4n) is 3.69. The Labute approximate surface area is 162 Å². The van der Waals surface area contributed by atoms with E-state index in [9.17, 15) is 0 Å². The van der Waals surface area contributed by atoms with Gasteiger partial charge in [-0.1, -0.05) is 119 Å². The van der Waals surface area contributed by atoms with Gasteiger partial charge in [0.2, 0.25) is 0 Å². The molecule has 0 heteroatoms. The van der Waals surface area contributed by atoms with Crippen LogP contribution in [0.4, 0.5) is 0 Å². The average molecular weight is 351 g/mol. The summed E-state index contributed by atoms with van der Waals surface area (Å²) in [5.41, 5.74) is 4.45. The summed E-state index contributed by atoms with van der Waals surface area (Å²) in [6, 6.07) is 20.1. The van der Waals surface area contributed by atoms with E-state index in [1.54, 1.807) is 0 Å². The molecule has 142 valence electrons. The van der Waals surface area contributed by atoms with Gasteiger partial charge in [0.25, 0.3) is 0 Å². The molecule has 0 saturated heterocycles. The van der Waals surface area contributed by atoms with Gasteiger partial charge in [0.15, 0.2) is 0 Å². The molecule has 0 aromatic heterocycles. The maximum absolute atomic E-state index is 2.43. The van der Waals surface area contributed by atoms with Crippen LogP contribution in [-0.2, 0) is 19.3 Å².